The van der Waals surface area contributed by atoms with Gasteiger partial charge in [0.25, 0.3) is 0 Å². The van der Waals surface area contributed by atoms with Gasteiger partial charge in [-0.2, -0.15) is 0 Å². The normalized spacial score (nSPS) is 26.9. The van der Waals surface area contributed by atoms with E-state index in [1.54, 1.807) is 36.3 Å². The average Bonchev–Trinajstić information content (AvgIpc) is 3.71. The van der Waals surface area contributed by atoms with Gasteiger partial charge in [0.2, 0.25) is 17.7 Å². The van der Waals surface area contributed by atoms with E-state index in [9.17, 15) is 14.4 Å². The summed E-state index contributed by atoms with van der Waals surface area (Å²) in [4.78, 5) is 43.8. The summed E-state index contributed by atoms with van der Waals surface area (Å²) in [5.41, 5.74) is 0.212. The first-order valence-electron chi connectivity index (χ1n) is 15.7. The molecule has 2 saturated heterocycles. The van der Waals surface area contributed by atoms with Gasteiger partial charge >= 0.3 is 0 Å². The van der Waals surface area contributed by atoms with Gasteiger partial charge in [-0.3, -0.25) is 14.4 Å². The highest BCUT2D eigenvalue weighted by Gasteiger charge is 2.72. The van der Waals surface area contributed by atoms with Crippen LogP contribution >= 0.6 is 0 Å². The fourth-order valence-electron chi connectivity index (χ4n) is 7.35. The van der Waals surface area contributed by atoms with Crippen LogP contribution in [0.1, 0.15) is 37.7 Å². The number of nitrogens with one attached hydrogen (secondary N) is 2. The summed E-state index contributed by atoms with van der Waals surface area (Å²) >= 11 is 0. The smallest absolute Gasteiger partial charge is 0.246 e. The number of anilines is 1. The average molecular weight is 608 g/mol. The number of carbonyl (C=O) groups is 3. The van der Waals surface area contributed by atoms with E-state index in [2.05, 4.69) is 10.6 Å². The van der Waals surface area contributed by atoms with E-state index < -0.39 is 29.6 Å². The Morgan fingerprint density at radius 1 is 0.889 bits per heavy atom. The Bertz CT molecular complexity index is 1590. The van der Waals surface area contributed by atoms with Gasteiger partial charge in [0.1, 0.15) is 28.9 Å². The fourth-order valence-corrected chi connectivity index (χ4v) is 7.35. The van der Waals surface area contributed by atoms with Crippen LogP contribution < -0.4 is 20.1 Å². The molecule has 1 saturated carbocycles. The van der Waals surface area contributed by atoms with Crippen LogP contribution in [0, 0.1) is 11.8 Å². The van der Waals surface area contributed by atoms with E-state index in [0.717, 1.165) is 37.7 Å². The molecule has 0 unspecified atom stereocenters. The van der Waals surface area contributed by atoms with E-state index in [0.29, 0.717) is 22.9 Å². The zero-order valence-electron chi connectivity index (χ0n) is 25.2. The Morgan fingerprint density at radius 2 is 1.58 bits per heavy atom. The maximum Gasteiger partial charge on any atom is 0.246 e. The first kappa shape index (κ1) is 29.1. The van der Waals surface area contributed by atoms with Crippen LogP contribution in [0.25, 0.3) is 0 Å². The predicted octanol–water partition coefficient (Wildman–Crippen LogP) is 5.23. The van der Waals surface area contributed by atoms with Gasteiger partial charge in [0.15, 0.2) is 0 Å². The minimum atomic E-state index is -1.22. The van der Waals surface area contributed by atoms with Gasteiger partial charge in [-0.15, -0.1) is 0 Å². The number of benzene rings is 3. The molecule has 5 atom stereocenters. The van der Waals surface area contributed by atoms with Crippen molar-refractivity contribution in [3.8, 4) is 17.2 Å². The van der Waals surface area contributed by atoms with E-state index in [1.807, 2.05) is 66.7 Å². The molecule has 232 valence electrons. The van der Waals surface area contributed by atoms with Crippen molar-refractivity contribution in [3.05, 3.63) is 96.6 Å². The van der Waals surface area contributed by atoms with Crippen LogP contribution in [0.15, 0.2) is 91.0 Å². The largest absolute Gasteiger partial charge is 0.497 e. The number of rotatable bonds is 9. The van der Waals surface area contributed by atoms with E-state index >= 15 is 0 Å². The van der Waals surface area contributed by atoms with Crippen molar-refractivity contribution in [3.63, 3.8) is 0 Å². The summed E-state index contributed by atoms with van der Waals surface area (Å²) in [6.45, 7) is 0.211. The van der Waals surface area contributed by atoms with Crippen LogP contribution in [-0.4, -0.2) is 53.5 Å². The Balaban J connectivity index is 1.13. The van der Waals surface area contributed by atoms with Crippen LogP contribution in [0.5, 0.6) is 17.2 Å². The lowest BCUT2D eigenvalue weighted by Gasteiger charge is -2.34. The third-order valence-electron chi connectivity index (χ3n) is 9.49. The second-order valence-electron chi connectivity index (χ2n) is 12.3. The molecule has 2 N–H and O–H groups in total. The number of hydrogen-bond donors (Lipinski definition) is 2. The number of hydrogen-bond acceptors (Lipinski definition) is 6. The van der Waals surface area contributed by atoms with Crippen molar-refractivity contribution in [2.45, 2.75) is 62.4 Å². The summed E-state index contributed by atoms with van der Waals surface area (Å²) in [5, 5.41) is 6.22. The van der Waals surface area contributed by atoms with E-state index in [-0.39, 0.29) is 30.3 Å². The fraction of sp³-hybridized carbons (Fsp3) is 0.361. The van der Waals surface area contributed by atoms with Gasteiger partial charge in [0.05, 0.1) is 25.0 Å². The summed E-state index contributed by atoms with van der Waals surface area (Å²) in [5.74, 6) is -0.362. The molecule has 9 nitrogen and oxygen atoms in total. The molecular formula is C36H37N3O6. The Hall–Kier alpha value is -4.63. The van der Waals surface area contributed by atoms with Gasteiger partial charge in [-0.05, 0) is 66.9 Å². The second-order valence-corrected chi connectivity index (χ2v) is 12.3. The zero-order valence-corrected chi connectivity index (χ0v) is 25.2. The lowest BCUT2D eigenvalue weighted by Crippen LogP contribution is -2.56. The van der Waals surface area contributed by atoms with Crippen molar-refractivity contribution in [2.24, 2.45) is 11.8 Å². The maximum absolute atomic E-state index is 14.3. The molecule has 0 aromatic heterocycles. The Kier molecular flexibility index (Phi) is 7.79. The molecular weight excluding hydrogens is 570 g/mol. The minimum absolute atomic E-state index is 0.0650. The number of fused-ring (bicyclic) bond motifs is 1. The minimum Gasteiger partial charge on any atom is -0.497 e. The predicted molar refractivity (Wildman–Crippen MR) is 168 cm³/mol. The van der Waals surface area contributed by atoms with Gasteiger partial charge in [0, 0.05) is 18.3 Å². The van der Waals surface area contributed by atoms with Crippen molar-refractivity contribution in [1.29, 1.82) is 0 Å². The summed E-state index contributed by atoms with van der Waals surface area (Å²) < 4.78 is 17.7. The molecule has 1 spiro atoms. The third kappa shape index (κ3) is 5.46. The van der Waals surface area contributed by atoms with Gasteiger partial charge in [-0.1, -0.05) is 61.7 Å². The molecule has 3 aromatic carbocycles. The van der Waals surface area contributed by atoms with E-state index in [4.69, 9.17) is 14.2 Å². The number of carbonyl (C=O) groups excluding carboxylic acids is 3. The molecule has 3 aliphatic heterocycles. The van der Waals surface area contributed by atoms with Crippen LogP contribution in [-0.2, 0) is 25.7 Å². The lowest BCUT2D eigenvalue weighted by molar-refractivity contribution is -0.142. The molecule has 3 aromatic rings. The summed E-state index contributed by atoms with van der Waals surface area (Å²) in [6, 6.07) is 23.2. The number of para-hydroxylation sites is 1. The van der Waals surface area contributed by atoms with Crippen LogP contribution in [0.3, 0.4) is 0 Å². The van der Waals surface area contributed by atoms with E-state index in [1.165, 1.54) is 0 Å². The summed E-state index contributed by atoms with van der Waals surface area (Å²) in [7, 11) is 1.60. The monoisotopic (exact) mass is 607 g/mol. The van der Waals surface area contributed by atoms with Gasteiger partial charge in [-0.25, -0.2) is 0 Å². The highest BCUT2D eigenvalue weighted by Crippen LogP contribution is 2.55. The molecule has 1 aliphatic carbocycles. The SMILES string of the molecule is COc1ccc(CN2C(=O)[C@H]3[C@H](C(=O)Nc4ccc(Oc5ccccc5)cc4)[C@H]4C=C[C@@]3(O4)[C@H]2C(=O)NC2CCCCC2)cc1. The zero-order chi connectivity index (χ0) is 31.0. The molecule has 45 heavy (non-hydrogen) atoms. The topological polar surface area (TPSA) is 106 Å². The number of ether oxygens (including phenoxy) is 3. The molecule has 3 fully saturated rings. The quantitative estimate of drug-likeness (QED) is 0.323. The standard InChI is InChI=1S/C36H37N3O6/c1-43-26-16-12-23(13-17-26)22-39-32(34(41)38-24-8-4-2-5-9-24)36-21-20-29(45-36)30(31(36)35(39)42)33(40)37-25-14-18-28(19-15-25)44-27-10-6-3-7-11-27/h3,6-7,10-21,24,29-32H,2,4-5,8-9,22H2,1H3,(H,37,40)(H,38,41)/t29-,30-,31-,32-,36+/m1/s1. The molecule has 4 aliphatic rings. The molecule has 3 heterocycles. The van der Waals surface area contributed by atoms with Crippen molar-refractivity contribution < 1.29 is 28.6 Å². The number of nitrogens with zero attached hydrogens (tertiary/aromatic N) is 1. The molecule has 2 bridgehead atoms. The Labute approximate surface area is 262 Å². The number of likely N-dealkylation sites (tertiary alicyclic amines) is 1. The number of amides is 3. The molecule has 3 amide bonds. The van der Waals surface area contributed by atoms with Crippen LogP contribution in [0.4, 0.5) is 5.69 Å². The van der Waals surface area contributed by atoms with Gasteiger partial charge < -0.3 is 29.7 Å². The number of methoxy groups -OCH3 is 1. The Morgan fingerprint density at radius 3 is 2.29 bits per heavy atom. The highest BCUT2D eigenvalue weighted by molar-refractivity contribution is 6.02. The van der Waals surface area contributed by atoms with Crippen molar-refractivity contribution >= 4 is 23.4 Å². The third-order valence-corrected chi connectivity index (χ3v) is 9.49. The lowest BCUT2D eigenvalue weighted by atomic mass is 9.74. The summed E-state index contributed by atoms with van der Waals surface area (Å²) in [6.07, 6.45) is 8.21. The molecule has 7 rings (SSSR count). The first-order valence-corrected chi connectivity index (χ1v) is 15.7. The molecule has 9 heteroatoms. The van der Waals surface area contributed by atoms with Crippen molar-refractivity contribution in [1.82, 2.24) is 10.2 Å². The maximum atomic E-state index is 14.3. The second kappa shape index (κ2) is 12.0. The first-order chi connectivity index (χ1) is 21.9. The highest BCUT2D eigenvalue weighted by atomic mass is 16.5. The van der Waals surface area contributed by atoms with Crippen LogP contribution in [0.2, 0.25) is 0 Å². The van der Waals surface area contributed by atoms with Crippen molar-refractivity contribution in [2.75, 3.05) is 12.4 Å². The molecule has 0 radical (unpaired) electrons.